The Bertz CT molecular complexity index is 632. The molecule has 0 amide bonds. The van der Waals surface area contributed by atoms with Gasteiger partial charge in [0.15, 0.2) is 0 Å². The molecule has 21 heavy (non-hydrogen) atoms. The second-order valence-electron chi connectivity index (χ2n) is 5.93. The summed E-state index contributed by atoms with van der Waals surface area (Å²) in [5.74, 6) is 0.232. The maximum absolute atomic E-state index is 12.1. The lowest BCUT2D eigenvalue weighted by Gasteiger charge is -2.59. The number of sulfonamides is 1. The molecule has 0 spiro atoms. The number of fused-ring (bicyclic) bond motifs is 3. The van der Waals surface area contributed by atoms with Crippen LogP contribution in [-0.4, -0.2) is 56.5 Å². The van der Waals surface area contributed by atoms with E-state index in [2.05, 4.69) is 11.8 Å². The minimum absolute atomic E-state index is 0.109. The first-order valence-electron chi connectivity index (χ1n) is 7.42. The molecule has 0 unspecified atom stereocenters. The average molecular weight is 310 g/mol. The second-order valence-corrected chi connectivity index (χ2v) is 7.84. The number of aliphatic hydroxyl groups excluding tert-OH is 1. The Morgan fingerprint density at radius 3 is 2.67 bits per heavy atom. The highest BCUT2D eigenvalue weighted by atomic mass is 32.2. The summed E-state index contributed by atoms with van der Waals surface area (Å²) >= 11 is 0. The second kappa shape index (κ2) is 5.26. The Morgan fingerprint density at radius 2 is 2.05 bits per heavy atom. The zero-order valence-electron chi connectivity index (χ0n) is 12.4. The Hall–Kier alpha value is -1.11. The number of nitrogens with zero attached hydrogens (tertiary/aromatic N) is 2. The Morgan fingerprint density at radius 1 is 1.33 bits per heavy atom. The first-order valence-corrected chi connectivity index (χ1v) is 9.27. The van der Waals surface area contributed by atoms with Crippen LogP contribution in [0.5, 0.6) is 0 Å². The smallest absolute Gasteiger partial charge is 0.232 e. The molecule has 0 aromatic heterocycles. The van der Waals surface area contributed by atoms with Crippen LogP contribution in [0.1, 0.15) is 24.8 Å². The van der Waals surface area contributed by atoms with Crippen molar-refractivity contribution in [3.63, 3.8) is 0 Å². The van der Waals surface area contributed by atoms with Gasteiger partial charge in [0.1, 0.15) is 0 Å². The van der Waals surface area contributed by atoms with Crippen molar-refractivity contribution >= 4 is 15.7 Å². The average Bonchev–Trinajstić information content (AvgIpc) is 2.43. The van der Waals surface area contributed by atoms with Crippen molar-refractivity contribution in [3.8, 4) is 0 Å². The molecule has 116 valence electrons. The van der Waals surface area contributed by atoms with E-state index < -0.39 is 10.0 Å². The molecule has 5 nitrogen and oxygen atoms in total. The number of hydrogen-bond acceptors (Lipinski definition) is 4. The van der Waals surface area contributed by atoms with Crippen LogP contribution in [0.15, 0.2) is 24.3 Å². The first-order chi connectivity index (χ1) is 9.99. The van der Waals surface area contributed by atoms with E-state index in [0.717, 1.165) is 24.2 Å². The maximum atomic E-state index is 12.1. The van der Waals surface area contributed by atoms with Gasteiger partial charge in [-0.05, 0) is 24.6 Å². The van der Waals surface area contributed by atoms with Crippen LogP contribution in [0, 0.1) is 0 Å². The standard InChI is InChI=1S/C15H22N2O3S/c1-3-8-16-13-9-17(21(2,19)20)12-7-5-4-6-11(12)15(13)14(16)10-18/h4-7,13-15,18H,3,8-10H2,1-2H3/t13-,14-,15+/m1/s1. The summed E-state index contributed by atoms with van der Waals surface area (Å²) in [4.78, 5) is 2.25. The summed E-state index contributed by atoms with van der Waals surface area (Å²) in [5.41, 5.74) is 1.82. The predicted molar refractivity (Wildman–Crippen MR) is 83.0 cm³/mol. The molecule has 2 heterocycles. The van der Waals surface area contributed by atoms with E-state index in [4.69, 9.17) is 0 Å². The molecule has 1 fully saturated rings. The maximum Gasteiger partial charge on any atom is 0.232 e. The van der Waals surface area contributed by atoms with Crippen LogP contribution in [0.25, 0.3) is 0 Å². The van der Waals surface area contributed by atoms with Gasteiger partial charge >= 0.3 is 0 Å². The molecule has 0 bridgehead atoms. The quantitative estimate of drug-likeness (QED) is 0.901. The third-order valence-corrected chi connectivity index (χ3v) is 5.81. The van der Waals surface area contributed by atoms with Crippen molar-refractivity contribution in [1.29, 1.82) is 0 Å². The molecular formula is C15H22N2O3S. The lowest BCUT2D eigenvalue weighted by atomic mass is 9.72. The van der Waals surface area contributed by atoms with Crippen LogP contribution < -0.4 is 4.31 Å². The summed E-state index contributed by atoms with van der Waals surface area (Å²) in [6, 6.07) is 7.95. The molecule has 3 rings (SSSR count). The monoisotopic (exact) mass is 310 g/mol. The SMILES string of the molecule is CCCN1[C@H](CO)[C@H]2c3ccccc3N(S(C)(=O)=O)C[C@H]21. The van der Waals surface area contributed by atoms with Crippen LogP contribution in [-0.2, 0) is 10.0 Å². The van der Waals surface area contributed by atoms with Crippen molar-refractivity contribution < 1.29 is 13.5 Å². The number of hydrogen-bond donors (Lipinski definition) is 1. The van der Waals surface area contributed by atoms with Gasteiger partial charge in [-0.3, -0.25) is 9.21 Å². The van der Waals surface area contributed by atoms with Gasteiger partial charge in [0.2, 0.25) is 10.0 Å². The topological polar surface area (TPSA) is 60.9 Å². The molecule has 6 heteroatoms. The summed E-state index contributed by atoms with van der Waals surface area (Å²) in [5, 5.41) is 9.70. The molecule has 1 aromatic carbocycles. The Kier molecular flexibility index (Phi) is 3.71. The van der Waals surface area contributed by atoms with Gasteiger partial charge in [-0.25, -0.2) is 8.42 Å². The molecule has 1 aromatic rings. The number of benzene rings is 1. The molecule has 2 aliphatic rings. The highest BCUT2D eigenvalue weighted by molar-refractivity contribution is 7.92. The molecule has 0 aliphatic carbocycles. The summed E-state index contributed by atoms with van der Waals surface area (Å²) in [7, 11) is -3.28. The van der Waals surface area contributed by atoms with E-state index in [1.54, 1.807) is 0 Å². The van der Waals surface area contributed by atoms with E-state index in [0.29, 0.717) is 6.54 Å². The highest BCUT2D eigenvalue weighted by Crippen LogP contribution is 2.48. The lowest BCUT2D eigenvalue weighted by Crippen LogP contribution is -2.69. The fraction of sp³-hybridized carbons (Fsp3) is 0.600. The summed E-state index contributed by atoms with van der Waals surface area (Å²) in [6.45, 7) is 3.60. The fourth-order valence-electron chi connectivity index (χ4n) is 3.83. The van der Waals surface area contributed by atoms with Gasteiger partial charge in [0.25, 0.3) is 0 Å². The largest absolute Gasteiger partial charge is 0.395 e. The first kappa shape index (κ1) is 14.8. The third-order valence-electron chi connectivity index (χ3n) is 4.67. The van der Waals surface area contributed by atoms with Gasteiger partial charge in [-0.15, -0.1) is 0 Å². The molecule has 1 saturated heterocycles. The highest BCUT2D eigenvalue weighted by Gasteiger charge is 2.53. The van der Waals surface area contributed by atoms with E-state index in [1.807, 2.05) is 24.3 Å². The van der Waals surface area contributed by atoms with E-state index >= 15 is 0 Å². The Labute approximate surface area is 126 Å². The van der Waals surface area contributed by atoms with Gasteiger partial charge in [0, 0.05) is 18.0 Å². The van der Waals surface area contributed by atoms with Crippen molar-refractivity contribution in [3.05, 3.63) is 29.8 Å². The molecule has 0 saturated carbocycles. The zero-order valence-corrected chi connectivity index (χ0v) is 13.3. The van der Waals surface area contributed by atoms with Crippen LogP contribution in [0.3, 0.4) is 0 Å². The van der Waals surface area contributed by atoms with E-state index in [-0.39, 0.29) is 24.6 Å². The summed E-state index contributed by atoms with van der Waals surface area (Å²) < 4.78 is 25.7. The molecule has 3 atom stereocenters. The zero-order chi connectivity index (χ0) is 15.2. The van der Waals surface area contributed by atoms with Crippen molar-refractivity contribution in [2.24, 2.45) is 0 Å². The number of likely N-dealkylation sites (tertiary alicyclic amines) is 1. The van der Waals surface area contributed by atoms with Crippen LogP contribution in [0.4, 0.5) is 5.69 Å². The minimum atomic E-state index is -3.28. The minimum Gasteiger partial charge on any atom is -0.395 e. The number of para-hydroxylation sites is 1. The van der Waals surface area contributed by atoms with E-state index in [1.165, 1.54) is 10.6 Å². The van der Waals surface area contributed by atoms with Crippen molar-refractivity contribution in [1.82, 2.24) is 4.90 Å². The molecular weight excluding hydrogens is 288 g/mol. The molecule has 0 radical (unpaired) electrons. The molecule has 1 N–H and O–H groups in total. The van der Waals surface area contributed by atoms with Gasteiger partial charge in [-0.2, -0.15) is 0 Å². The molecule has 2 aliphatic heterocycles. The van der Waals surface area contributed by atoms with Crippen molar-refractivity contribution in [2.75, 3.05) is 30.3 Å². The van der Waals surface area contributed by atoms with E-state index in [9.17, 15) is 13.5 Å². The summed E-state index contributed by atoms with van der Waals surface area (Å²) in [6.07, 6.45) is 2.26. The number of rotatable bonds is 4. The van der Waals surface area contributed by atoms with Crippen LogP contribution in [0.2, 0.25) is 0 Å². The Balaban J connectivity index is 2.04. The lowest BCUT2D eigenvalue weighted by molar-refractivity contribution is -0.0407. The number of anilines is 1. The van der Waals surface area contributed by atoms with Gasteiger partial charge in [0.05, 0.1) is 25.1 Å². The van der Waals surface area contributed by atoms with Gasteiger partial charge in [-0.1, -0.05) is 25.1 Å². The predicted octanol–water partition coefficient (Wildman–Crippen LogP) is 1.00. The van der Waals surface area contributed by atoms with Gasteiger partial charge < -0.3 is 5.11 Å². The fourth-order valence-corrected chi connectivity index (χ4v) is 4.78. The normalized spacial score (nSPS) is 28.7. The number of aliphatic hydroxyl groups is 1. The van der Waals surface area contributed by atoms with Crippen LogP contribution >= 0.6 is 0 Å². The van der Waals surface area contributed by atoms with Crippen molar-refractivity contribution in [2.45, 2.75) is 31.3 Å². The third kappa shape index (κ3) is 2.25.